The van der Waals surface area contributed by atoms with Crippen molar-refractivity contribution in [1.29, 1.82) is 0 Å². The predicted octanol–water partition coefficient (Wildman–Crippen LogP) is 5.93. The van der Waals surface area contributed by atoms with Crippen LogP contribution in [0.1, 0.15) is 48.4 Å². The Bertz CT molecular complexity index is 810. The van der Waals surface area contributed by atoms with E-state index in [0.29, 0.717) is 11.3 Å². The summed E-state index contributed by atoms with van der Waals surface area (Å²) in [5.41, 5.74) is 6.77. The predicted molar refractivity (Wildman–Crippen MR) is 107 cm³/mol. The average molecular weight is 352 g/mol. The minimum atomic E-state index is 0.357. The van der Waals surface area contributed by atoms with Gasteiger partial charge in [0.1, 0.15) is 0 Å². The molecule has 1 aliphatic carbocycles. The number of fused-ring (bicyclic) bond motifs is 3. The SMILES string of the molecule is C=C(C)c1ccc2c(c1Cl)CC[C@]1(C)CN(Cc3ccccc3)C[C@H]21. The smallest absolute Gasteiger partial charge is 0.0515 e. The first-order valence-electron chi connectivity index (χ1n) is 9.21. The largest absolute Gasteiger partial charge is 0.298 e. The maximum absolute atomic E-state index is 6.75. The summed E-state index contributed by atoms with van der Waals surface area (Å²) in [7, 11) is 0. The molecule has 130 valence electrons. The van der Waals surface area contributed by atoms with E-state index < -0.39 is 0 Å². The van der Waals surface area contributed by atoms with Gasteiger partial charge in [-0.05, 0) is 53.0 Å². The number of benzene rings is 2. The molecule has 2 atom stereocenters. The van der Waals surface area contributed by atoms with E-state index >= 15 is 0 Å². The Hall–Kier alpha value is -1.57. The van der Waals surface area contributed by atoms with Crippen LogP contribution >= 0.6 is 11.6 Å². The van der Waals surface area contributed by atoms with Gasteiger partial charge in [0.15, 0.2) is 0 Å². The van der Waals surface area contributed by atoms with Gasteiger partial charge in [-0.15, -0.1) is 0 Å². The van der Waals surface area contributed by atoms with Crippen LogP contribution in [0.25, 0.3) is 5.57 Å². The van der Waals surface area contributed by atoms with Crippen molar-refractivity contribution in [3.8, 4) is 0 Å². The van der Waals surface area contributed by atoms with E-state index in [2.05, 4.69) is 60.9 Å². The van der Waals surface area contributed by atoms with E-state index in [1.54, 1.807) is 0 Å². The van der Waals surface area contributed by atoms with Gasteiger partial charge in [-0.1, -0.05) is 67.6 Å². The van der Waals surface area contributed by atoms with Crippen LogP contribution in [0.5, 0.6) is 0 Å². The third-order valence-electron chi connectivity index (χ3n) is 6.18. The van der Waals surface area contributed by atoms with Crippen LogP contribution in [0.3, 0.4) is 0 Å². The minimum Gasteiger partial charge on any atom is -0.298 e. The number of halogens is 1. The van der Waals surface area contributed by atoms with Gasteiger partial charge in [-0.3, -0.25) is 4.90 Å². The van der Waals surface area contributed by atoms with Gasteiger partial charge in [0, 0.05) is 25.6 Å². The van der Waals surface area contributed by atoms with Gasteiger partial charge in [0.2, 0.25) is 0 Å². The highest BCUT2D eigenvalue weighted by Crippen LogP contribution is 2.52. The summed E-state index contributed by atoms with van der Waals surface area (Å²) in [6.07, 6.45) is 2.30. The Kier molecular flexibility index (Phi) is 4.25. The van der Waals surface area contributed by atoms with Crippen molar-refractivity contribution in [3.63, 3.8) is 0 Å². The highest BCUT2D eigenvalue weighted by Gasteiger charge is 2.46. The molecule has 0 saturated carbocycles. The van der Waals surface area contributed by atoms with Crippen LogP contribution in [0, 0.1) is 5.41 Å². The zero-order valence-corrected chi connectivity index (χ0v) is 15.9. The molecule has 4 rings (SSSR count). The summed E-state index contributed by atoms with van der Waals surface area (Å²) in [5.74, 6) is 0.580. The van der Waals surface area contributed by atoms with Crippen LogP contribution in [-0.2, 0) is 13.0 Å². The number of hydrogen-bond donors (Lipinski definition) is 0. The first-order valence-corrected chi connectivity index (χ1v) is 9.59. The normalized spacial score (nSPS) is 25.5. The van der Waals surface area contributed by atoms with Gasteiger partial charge in [0.05, 0.1) is 5.02 Å². The van der Waals surface area contributed by atoms with Crippen molar-refractivity contribution in [3.05, 3.63) is 76.3 Å². The number of rotatable bonds is 3. The Morgan fingerprint density at radius 2 is 2.00 bits per heavy atom. The summed E-state index contributed by atoms with van der Waals surface area (Å²) in [4.78, 5) is 2.62. The topological polar surface area (TPSA) is 3.24 Å². The van der Waals surface area contributed by atoms with Crippen LogP contribution < -0.4 is 0 Å². The molecule has 0 N–H and O–H groups in total. The number of allylic oxidation sites excluding steroid dienone is 1. The van der Waals surface area contributed by atoms with Gasteiger partial charge in [0.25, 0.3) is 0 Å². The van der Waals surface area contributed by atoms with Gasteiger partial charge < -0.3 is 0 Å². The fourth-order valence-electron chi connectivity index (χ4n) is 4.81. The van der Waals surface area contributed by atoms with Gasteiger partial charge in [-0.2, -0.15) is 0 Å². The molecule has 1 saturated heterocycles. The molecule has 0 bridgehead atoms. The Balaban J connectivity index is 1.64. The summed E-state index contributed by atoms with van der Waals surface area (Å²) in [5, 5.41) is 0.938. The summed E-state index contributed by atoms with van der Waals surface area (Å²) >= 11 is 6.75. The lowest BCUT2D eigenvalue weighted by molar-refractivity contribution is 0.240. The van der Waals surface area contributed by atoms with Crippen LogP contribution in [-0.4, -0.2) is 18.0 Å². The second kappa shape index (κ2) is 6.30. The Morgan fingerprint density at radius 3 is 2.72 bits per heavy atom. The molecule has 0 aromatic heterocycles. The molecule has 1 heterocycles. The molecule has 1 aliphatic heterocycles. The first kappa shape index (κ1) is 16.9. The van der Waals surface area contributed by atoms with Crippen molar-refractivity contribution < 1.29 is 0 Å². The molecule has 0 spiro atoms. The molecule has 2 aromatic carbocycles. The molecular formula is C23H26ClN. The van der Waals surface area contributed by atoms with Gasteiger partial charge >= 0.3 is 0 Å². The molecule has 1 nitrogen and oxygen atoms in total. The zero-order valence-electron chi connectivity index (χ0n) is 15.2. The van der Waals surface area contributed by atoms with Crippen LogP contribution in [0.2, 0.25) is 5.02 Å². The molecule has 0 unspecified atom stereocenters. The lowest BCUT2D eigenvalue weighted by Gasteiger charge is -2.37. The molecule has 25 heavy (non-hydrogen) atoms. The monoisotopic (exact) mass is 351 g/mol. The molecular weight excluding hydrogens is 326 g/mol. The van der Waals surface area contributed by atoms with Crippen molar-refractivity contribution in [1.82, 2.24) is 4.90 Å². The van der Waals surface area contributed by atoms with Crippen molar-refractivity contribution >= 4 is 17.2 Å². The molecule has 2 aromatic rings. The third kappa shape index (κ3) is 2.94. The molecule has 2 heteroatoms. The highest BCUT2D eigenvalue weighted by atomic mass is 35.5. The average Bonchev–Trinajstić information content (AvgIpc) is 2.92. The quantitative estimate of drug-likeness (QED) is 0.662. The maximum Gasteiger partial charge on any atom is 0.0515 e. The minimum absolute atomic E-state index is 0.357. The van der Waals surface area contributed by atoms with Crippen molar-refractivity contribution in [2.24, 2.45) is 5.41 Å². The summed E-state index contributed by atoms with van der Waals surface area (Å²) < 4.78 is 0. The van der Waals surface area contributed by atoms with Gasteiger partial charge in [-0.25, -0.2) is 0 Å². The molecule has 0 radical (unpaired) electrons. The number of likely N-dealkylation sites (tertiary alicyclic amines) is 1. The highest BCUT2D eigenvalue weighted by molar-refractivity contribution is 6.33. The van der Waals surface area contributed by atoms with E-state index in [9.17, 15) is 0 Å². The number of nitrogens with zero attached hydrogens (tertiary/aromatic N) is 1. The second-order valence-electron chi connectivity index (χ2n) is 8.14. The van der Waals surface area contributed by atoms with Crippen molar-refractivity contribution in [2.45, 2.75) is 39.2 Å². The van der Waals surface area contributed by atoms with E-state index in [-0.39, 0.29) is 0 Å². The van der Waals surface area contributed by atoms with Crippen molar-refractivity contribution in [2.75, 3.05) is 13.1 Å². The number of hydrogen-bond acceptors (Lipinski definition) is 1. The first-order chi connectivity index (χ1) is 12.0. The van der Waals surface area contributed by atoms with E-state index in [4.69, 9.17) is 11.6 Å². The lowest BCUT2D eigenvalue weighted by atomic mass is 9.67. The maximum atomic E-state index is 6.75. The fourth-order valence-corrected chi connectivity index (χ4v) is 5.24. The summed E-state index contributed by atoms with van der Waals surface area (Å²) in [6.45, 7) is 11.9. The Morgan fingerprint density at radius 1 is 1.24 bits per heavy atom. The third-order valence-corrected chi connectivity index (χ3v) is 6.61. The van der Waals surface area contributed by atoms with Crippen LogP contribution in [0.15, 0.2) is 49.0 Å². The van der Waals surface area contributed by atoms with Crippen LogP contribution in [0.4, 0.5) is 0 Å². The zero-order chi connectivity index (χ0) is 17.6. The van der Waals surface area contributed by atoms with E-state index in [1.807, 2.05) is 6.92 Å². The lowest BCUT2D eigenvalue weighted by Crippen LogP contribution is -2.31. The van der Waals surface area contributed by atoms with E-state index in [0.717, 1.165) is 35.7 Å². The summed E-state index contributed by atoms with van der Waals surface area (Å²) in [6, 6.07) is 15.3. The fraction of sp³-hybridized carbons (Fsp3) is 0.391. The standard InChI is InChI=1S/C23H26ClN/c1-16(2)18-9-10-19-20(22(18)24)11-12-23(3)15-25(14-21(19)23)13-17-7-5-4-6-8-17/h4-10,21H,1,11-15H2,2-3H3/t21-,23-/m1/s1. The second-order valence-corrected chi connectivity index (χ2v) is 8.52. The Labute approximate surface area is 156 Å². The molecule has 0 amide bonds. The molecule has 2 aliphatic rings. The van der Waals surface area contributed by atoms with E-state index in [1.165, 1.54) is 29.7 Å². The molecule has 1 fully saturated rings.